The van der Waals surface area contributed by atoms with Crippen LogP contribution in [0.15, 0.2) is 69.8 Å². The van der Waals surface area contributed by atoms with Crippen molar-refractivity contribution >= 4 is 15.9 Å². The van der Waals surface area contributed by atoms with Crippen LogP contribution in [0.3, 0.4) is 0 Å². The van der Waals surface area contributed by atoms with Crippen LogP contribution in [-0.4, -0.2) is 32.3 Å². The van der Waals surface area contributed by atoms with E-state index in [0.29, 0.717) is 41.9 Å². The normalized spacial score (nSPS) is 19.1. The molecule has 0 fully saturated rings. The van der Waals surface area contributed by atoms with Crippen molar-refractivity contribution in [1.82, 2.24) is 14.9 Å². The van der Waals surface area contributed by atoms with Crippen molar-refractivity contribution < 1.29 is 17.6 Å². The summed E-state index contributed by atoms with van der Waals surface area (Å²) in [5.41, 5.74) is 5.35. The third-order valence-electron chi connectivity index (χ3n) is 6.47. The molecule has 0 saturated heterocycles. The molecular formula is C25H23FN4O3S. The lowest BCUT2D eigenvalue weighted by molar-refractivity contribution is -0.119. The molecule has 7 nitrogen and oxygen atoms in total. The Morgan fingerprint density at radius 2 is 2.06 bits per heavy atom. The molecule has 34 heavy (non-hydrogen) atoms. The molecule has 0 saturated carbocycles. The quantitative estimate of drug-likeness (QED) is 0.688. The van der Waals surface area contributed by atoms with E-state index in [4.69, 9.17) is 0 Å². The number of benzene rings is 2. The second-order valence-corrected chi connectivity index (χ2v) is 10.5. The van der Waals surface area contributed by atoms with Gasteiger partial charge in [0, 0.05) is 38.3 Å². The number of sulfonamides is 1. The van der Waals surface area contributed by atoms with Crippen LogP contribution in [0.25, 0.3) is 0 Å². The summed E-state index contributed by atoms with van der Waals surface area (Å²) in [6, 6.07) is 13.8. The van der Waals surface area contributed by atoms with E-state index in [0.717, 1.165) is 29.7 Å². The van der Waals surface area contributed by atoms with Crippen LogP contribution in [0.2, 0.25) is 0 Å². The number of nitrogens with one attached hydrogen (secondary N) is 2. The average Bonchev–Trinajstić information content (AvgIpc) is 3.29. The first-order chi connectivity index (χ1) is 16.3. The number of allylic oxidation sites excluding steroid dienone is 1. The van der Waals surface area contributed by atoms with Gasteiger partial charge in [-0.3, -0.25) is 9.69 Å². The molecule has 1 amide bonds. The first kappa shape index (κ1) is 22.5. The van der Waals surface area contributed by atoms with E-state index < -0.39 is 10.0 Å². The minimum Gasteiger partial charge on any atom is -0.328 e. The Morgan fingerprint density at radius 3 is 2.85 bits per heavy atom. The lowest BCUT2D eigenvalue weighted by Crippen LogP contribution is -2.31. The molecule has 0 aromatic heterocycles. The third kappa shape index (κ3) is 4.40. The van der Waals surface area contributed by atoms with Crippen molar-refractivity contribution in [2.75, 3.05) is 13.1 Å². The predicted octanol–water partition coefficient (Wildman–Crippen LogP) is 2.66. The molecule has 2 aromatic carbocycles. The van der Waals surface area contributed by atoms with Gasteiger partial charge in [-0.25, -0.2) is 17.5 Å². The Hall–Kier alpha value is -3.32. The number of amides is 1. The summed E-state index contributed by atoms with van der Waals surface area (Å²) in [7, 11) is -3.51. The Labute approximate surface area is 197 Å². The average molecular weight is 479 g/mol. The van der Waals surface area contributed by atoms with Crippen molar-refractivity contribution in [3.05, 3.63) is 87.4 Å². The zero-order valence-electron chi connectivity index (χ0n) is 18.4. The van der Waals surface area contributed by atoms with Gasteiger partial charge in [-0.1, -0.05) is 29.8 Å². The van der Waals surface area contributed by atoms with Crippen LogP contribution < -0.4 is 10.0 Å². The van der Waals surface area contributed by atoms with E-state index >= 15 is 0 Å². The number of halogens is 1. The van der Waals surface area contributed by atoms with Crippen molar-refractivity contribution in [3.63, 3.8) is 0 Å². The Bertz CT molecular complexity index is 1410. The fourth-order valence-corrected chi connectivity index (χ4v) is 6.11. The minimum atomic E-state index is -3.51. The van der Waals surface area contributed by atoms with Gasteiger partial charge in [0.05, 0.1) is 16.9 Å². The van der Waals surface area contributed by atoms with Gasteiger partial charge in [0.1, 0.15) is 11.9 Å². The molecular weight excluding hydrogens is 455 g/mol. The molecule has 2 aliphatic heterocycles. The highest BCUT2D eigenvalue weighted by Crippen LogP contribution is 2.36. The fraction of sp³-hybridized carbons (Fsp3) is 0.280. The number of rotatable bonds is 5. The molecule has 1 aliphatic carbocycles. The third-order valence-corrected chi connectivity index (χ3v) is 7.95. The summed E-state index contributed by atoms with van der Waals surface area (Å²) in [5.74, 6) is -0.558. The lowest BCUT2D eigenvalue weighted by Gasteiger charge is -2.28. The SMILES string of the molecule is N#CC1=C(NC(=O)Cc2ccc3c(c2)S(=O)(=O)NC3)CC2=C1CN(Cc1cccc(F)c1)CC2. The summed E-state index contributed by atoms with van der Waals surface area (Å²) < 4.78 is 40.1. The number of carbonyl (C=O) groups excluding carboxylic acids is 1. The van der Waals surface area contributed by atoms with E-state index in [9.17, 15) is 22.9 Å². The van der Waals surface area contributed by atoms with Gasteiger partial charge < -0.3 is 5.32 Å². The van der Waals surface area contributed by atoms with E-state index in [2.05, 4.69) is 21.0 Å². The highest BCUT2D eigenvalue weighted by atomic mass is 32.2. The first-order valence-corrected chi connectivity index (χ1v) is 12.5. The van der Waals surface area contributed by atoms with Gasteiger partial charge in [-0.15, -0.1) is 0 Å². The molecule has 174 valence electrons. The minimum absolute atomic E-state index is 0.0152. The van der Waals surface area contributed by atoms with Crippen LogP contribution in [-0.2, 0) is 34.3 Å². The van der Waals surface area contributed by atoms with Crippen molar-refractivity contribution in [3.8, 4) is 6.07 Å². The molecule has 0 bridgehead atoms. The highest BCUT2D eigenvalue weighted by molar-refractivity contribution is 7.89. The van der Waals surface area contributed by atoms with E-state index in [1.165, 1.54) is 18.2 Å². The molecule has 2 N–H and O–H groups in total. The first-order valence-electron chi connectivity index (χ1n) is 11.0. The summed E-state index contributed by atoms with van der Waals surface area (Å²) in [5, 5.41) is 12.7. The second-order valence-electron chi connectivity index (χ2n) is 8.81. The number of nitrogens with zero attached hydrogens (tertiary/aromatic N) is 2. The maximum atomic E-state index is 13.5. The molecule has 5 rings (SSSR count). The van der Waals surface area contributed by atoms with Crippen molar-refractivity contribution in [1.29, 1.82) is 5.26 Å². The second kappa shape index (κ2) is 8.80. The van der Waals surface area contributed by atoms with Gasteiger partial charge in [0.25, 0.3) is 0 Å². The molecule has 9 heteroatoms. The summed E-state index contributed by atoms with van der Waals surface area (Å²) in [6.45, 7) is 2.22. The van der Waals surface area contributed by atoms with Crippen LogP contribution in [0.1, 0.15) is 29.5 Å². The smallest absolute Gasteiger partial charge is 0.241 e. The van der Waals surface area contributed by atoms with Crippen LogP contribution in [0.5, 0.6) is 0 Å². The van der Waals surface area contributed by atoms with Crippen molar-refractivity contribution in [2.45, 2.75) is 37.2 Å². The molecule has 0 spiro atoms. The largest absolute Gasteiger partial charge is 0.328 e. The highest BCUT2D eigenvalue weighted by Gasteiger charge is 2.30. The van der Waals surface area contributed by atoms with E-state index in [1.54, 1.807) is 18.2 Å². The molecule has 0 radical (unpaired) electrons. The van der Waals surface area contributed by atoms with Gasteiger partial charge in [-0.2, -0.15) is 5.26 Å². The number of hydrogen-bond donors (Lipinski definition) is 2. The molecule has 2 aromatic rings. The molecule has 0 unspecified atom stereocenters. The van der Waals surface area contributed by atoms with Gasteiger partial charge in [0.15, 0.2) is 0 Å². The zero-order chi connectivity index (χ0) is 23.9. The number of hydrogen-bond acceptors (Lipinski definition) is 5. The lowest BCUT2D eigenvalue weighted by atomic mass is 9.99. The number of nitriles is 1. The van der Waals surface area contributed by atoms with Gasteiger partial charge in [-0.05, 0) is 46.9 Å². The van der Waals surface area contributed by atoms with Crippen LogP contribution in [0.4, 0.5) is 4.39 Å². The fourth-order valence-electron chi connectivity index (χ4n) is 4.82. The standard InChI is InChI=1S/C25H23FN4O3S/c26-20-3-1-2-17(8-20)14-30-7-6-18-11-23(21(12-27)22(18)15-30)29-25(31)10-16-4-5-19-13-28-34(32,33)24(19)9-16/h1-5,8-9,28H,6-7,10-11,13-15H2,(H,29,31). The Balaban J connectivity index is 1.27. The topological polar surface area (TPSA) is 102 Å². The number of carbonyl (C=O) groups is 1. The van der Waals surface area contributed by atoms with Crippen LogP contribution >= 0.6 is 0 Å². The predicted molar refractivity (Wildman–Crippen MR) is 123 cm³/mol. The maximum Gasteiger partial charge on any atom is 0.241 e. The van der Waals surface area contributed by atoms with Gasteiger partial charge in [0.2, 0.25) is 15.9 Å². The van der Waals surface area contributed by atoms with E-state index in [-0.39, 0.29) is 29.6 Å². The molecule has 2 heterocycles. The Kier molecular flexibility index (Phi) is 5.81. The molecule has 0 atom stereocenters. The van der Waals surface area contributed by atoms with Crippen LogP contribution in [0, 0.1) is 17.1 Å². The van der Waals surface area contributed by atoms with Crippen molar-refractivity contribution in [2.24, 2.45) is 0 Å². The van der Waals surface area contributed by atoms with Gasteiger partial charge >= 0.3 is 0 Å². The zero-order valence-corrected chi connectivity index (χ0v) is 19.2. The monoisotopic (exact) mass is 478 g/mol. The number of fused-ring (bicyclic) bond motifs is 1. The summed E-state index contributed by atoms with van der Waals surface area (Å²) >= 11 is 0. The summed E-state index contributed by atoms with van der Waals surface area (Å²) in [4.78, 5) is 15.1. The Morgan fingerprint density at radius 1 is 1.21 bits per heavy atom. The molecule has 3 aliphatic rings. The summed E-state index contributed by atoms with van der Waals surface area (Å²) in [6.07, 6.45) is 1.33. The maximum absolute atomic E-state index is 13.5. The van der Waals surface area contributed by atoms with E-state index in [1.807, 2.05) is 6.07 Å².